The molecule has 0 spiro atoms. The number of non-ortho nitro benzene ring substituents is 1. The molecule has 6 nitrogen and oxygen atoms in total. The molecule has 92 valence electrons. The summed E-state index contributed by atoms with van der Waals surface area (Å²) in [6.07, 6.45) is 2.33. The summed E-state index contributed by atoms with van der Waals surface area (Å²) in [5.74, 6) is 0.576. The van der Waals surface area contributed by atoms with Crippen molar-refractivity contribution in [1.82, 2.24) is 0 Å². The number of nitro groups is 1. The lowest BCUT2D eigenvalue weighted by atomic mass is 10.3. The molecule has 17 heavy (non-hydrogen) atoms. The van der Waals surface area contributed by atoms with E-state index >= 15 is 0 Å². The highest BCUT2D eigenvalue weighted by Crippen LogP contribution is 2.19. The summed E-state index contributed by atoms with van der Waals surface area (Å²) in [6.45, 7) is 1.40. The highest BCUT2D eigenvalue weighted by molar-refractivity contribution is 5.36. The van der Waals surface area contributed by atoms with Crippen LogP contribution >= 0.6 is 0 Å². The third-order valence-electron chi connectivity index (χ3n) is 1.84. The van der Waals surface area contributed by atoms with Crippen LogP contribution in [0, 0.1) is 10.1 Å². The van der Waals surface area contributed by atoms with Crippen LogP contribution in [-0.4, -0.2) is 16.8 Å². The van der Waals surface area contributed by atoms with Gasteiger partial charge in [0, 0.05) is 12.1 Å². The molecular weight excluding hydrogens is 226 g/mol. The smallest absolute Gasteiger partial charge is 0.282 e. The number of hydrogen-bond acceptors (Lipinski definition) is 5. The Bertz CT molecular complexity index is 399. The second-order valence-corrected chi connectivity index (χ2v) is 3.06. The number of nitro benzene ring substituents is 1. The normalized spacial score (nSPS) is 11.1. The van der Waals surface area contributed by atoms with Gasteiger partial charge < -0.3 is 14.6 Å². The molecule has 0 aromatic heterocycles. The first-order valence-corrected chi connectivity index (χ1v) is 5.03. The van der Waals surface area contributed by atoms with Crippen molar-refractivity contribution in [3.63, 3.8) is 0 Å². The molecule has 0 fully saturated rings. The van der Waals surface area contributed by atoms with Crippen LogP contribution in [0.4, 0.5) is 5.69 Å². The van der Waals surface area contributed by atoms with Gasteiger partial charge in [-0.3, -0.25) is 10.1 Å². The Hall–Kier alpha value is -2.08. The van der Waals surface area contributed by atoms with Crippen molar-refractivity contribution >= 4 is 5.69 Å². The summed E-state index contributed by atoms with van der Waals surface area (Å²) >= 11 is 0. The van der Waals surface area contributed by atoms with Crippen LogP contribution in [0.2, 0.25) is 0 Å². The van der Waals surface area contributed by atoms with Gasteiger partial charge in [0.2, 0.25) is 0 Å². The zero-order chi connectivity index (χ0) is 12.7. The summed E-state index contributed by atoms with van der Waals surface area (Å²) in [5.41, 5.74) is -0.0125. The van der Waals surface area contributed by atoms with Crippen molar-refractivity contribution in [2.75, 3.05) is 6.79 Å². The van der Waals surface area contributed by atoms with Gasteiger partial charge in [-0.15, -0.1) is 0 Å². The SMILES string of the molecule is CC/C=C(\OCO)Oc1ccc([N+](=O)[O-])cc1. The van der Waals surface area contributed by atoms with Gasteiger partial charge in [-0.1, -0.05) is 6.92 Å². The second-order valence-electron chi connectivity index (χ2n) is 3.06. The number of rotatable bonds is 6. The first kappa shape index (κ1) is 13.0. The van der Waals surface area contributed by atoms with Gasteiger partial charge in [0.25, 0.3) is 11.6 Å². The minimum Gasteiger partial charge on any atom is -0.438 e. The van der Waals surface area contributed by atoms with Gasteiger partial charge in [0.1, 0.15) is 5.75 Å². The Labute approximate surface area is 98.2 Å². The van der Waals surface area contributed by atoms with Crippen LogP contribution in [0.25, 0.3) is 0 Å². The van der Waals surface area contributed by atoms with Crippen molar-refractivity contribution in [3.8, 4) is 5.75 Å². The predicted octanol–water partition coefficient (Wildman–Crippen LogP) is 2.19. The molecule has 0 aliphatic heterocycles. The van der Waals surface area contributed by atoms with Crippen LogP contribution < -0.4 is 4.74 Å². The number of aliphatic hydroxyl groups is 1. The van der Waals surface area contributed by atoms with Crippen LogP contribution in [0.1, 0.15) is 13.3 Å². The molecule has 1 N–H and O–H groups in total. The lowest BCUT2D eigenvalue weighted by molar-refractivity contribution is -0.384. The van der Waals surface area contributed by atoms with Crippen molar-refractivity contribution in [1.29, 1.82) is 0 Å². The zero-order valence-corrected chi connectivity index (χ0v) is 9.33. The molecule has 0 heterocycles. The topological polar surface area (TPSA) is 81.8 Å². The third kappa shape index (κ3) is 4.12. The Morgan fingerprint density at radius 3 is 2.59 bits per heavy atom. The molecule has 0 aliphatic carbocycles. The number of allylic oxidation sites excluding steroid dienone is 1. The maximum atomic E-state index is 10.4. The van der Waals surface area contributed by atoms with Crippen molar-refractivity contribution < 1.29 is 19.5 Å². The standard InChI is InChI=1S/C11H13NO5/c1-2-3-11(16-8-13)17-10-6-4-9(5-7-10)12(14)15/h3-7,13H,2,8H2,1H3/b11-3+. The second kappa shape index (κ2) is 6.49. The monoisotopic (exact) mass is 239 g/mol. The number of aliphatic hydroxyl groups excluding tert-OH is 1. The molecule has 1 aromatic rings. The minimum atomic E-state index is -0.489. The Morgan fingerprint density at radius 2 is 2.12 bits per heavy atom. The number of hydrogen-bond donors (Lipinski definition) is 1. The van der Waals surface area contributed by atoms with Gasteiger partial charge in [-0.2, -0.15) is 0 Å². The molecule has 0 atom stereocenters. The van der Waals surface area contributed by atoms with E-state index in [2.05, 4.69) is 0 Å². The fourth-order valence-corrected chi connectivity index (χ4v) is 1.11. The van der Waals surface area contributed by atoms with Crippen molar-refractivity contribution in [3.05, 3.63) is 46.4 Å². The van der Waals surface area contributed by atoms with E-state index in [9.17, 15) is 10.1 Å². The summed E-state index contributed by atoms with van der Waals surface area (Å²) < 4.78 is 10.1. The van der Waals surface area contributed by atoms with E-state index in [1.807, 2.05) is 6.92 Å². The summed E-state index contributed by atoms with van der Waals surface area (Å²) in [5, 5.41) is 19.1. The zero-order valence-electron chi connectivity index (χ0n) is 9.33. The molecule has 6 heteroatoms. The molecular formula is C11H13NO5. The maximum absolute atomic E-state index is 10.4. The van der Waals surface area contributed by atoms with Gasteiger partial charge in [0.05, 0.1) is 4.92 Å². The van der Waals surface area contributed by atoms with Gasteiger partial charge in [0.15, 0.2) is 6.79 Å². The molecule has 0 aliphatic rings. The lowest BCUT2D eigenvalue weighted by Crippen LogP contribution is -2.02. The minimum absolute atomic E-state index is 0.0125. The third-order valence-corrected chi connectivity index (χ3v) is 1.84. The van der Waals surface area contributed by atoms with Crippen molar-refractivity contribution in [2.45, 2.75) is 13.3 Å². The fraction of sp³-hybridized carbons (Fsp3) is 0.273. The molecule has 1 aromatic carbocycles. The van der Waals surface area contributed by atoms with E-state index in [1.165, 1.54) is 24.3 Å². The van der Waals surface area contributed by atoms with Crippen LogP contribution in [0.15, 0.2) is 36.3 Å². The van der Waals surface area contributed by atoms with E-state index in [-0.39, 0.29) is 11.6 Å². The largest absolute Gasteiger partial charge is 0.438 e. The number of nitrogens with zero attached hydrogens (tertiary/aromatic N) is 1. The summed E-state index contributed by atoms with van der Waals surface area (Å²) in [6, 6.07) is 5.58. The van der Waals surface area contributed by atoms with Crippen molar-refractivity contribution in [2.24, 2.45) is 0 Å². The molecule has 0 unspecified atom stereocenters. The van der Waals surface area contributed by atoms with E-state index in [1.54, 1.807) is 6.08 Å². The summed E-state index contributed by atoms with van der Waals surface area (Å²) in [7, 11) is 0. The highest BCUT2D eigenvalue weighted by Gasteiger charge is 2.06. The average molecular weight is 239 g/mol. The Morgan fingerprint density at radius 1 is 1.47 bits per heavy atom. The van der Waals surface area contributed by atoms with E-state index < -0.39 is 11.7 Å². The Kier molecular flexibility index (Phi) is 4.96. The maximum Gasteiger partial charge on any atom is 0.282 e. The lowest BCUT2D eigenvalue weighted by Gasteiger charge is -2.09. The van der Waals surface area contributed by atoms with Gasteiger partial charge in [-0.25, -0.2) is 0 Å². The predicted molar refractivity (Wildman–Crippen MR) is 60.3 cm³/mol. The number of benzene rings is 1. The molecule has 0 saturated carbocycles. The van der Waals surface area contributed by atoms with Gasteiger partial charge >= 0.3 is 0 Å². The first-order valence-electron chi connectivity index (χ1n) is 5.03. The molecule has 0 bridgehead atoms. The van der Waals surface area contributed by atoms with Crippen LogP contribution in [0.3, 0.4) is 0 Å². The molecule has 0 radical (unpaired) electrons. The molecule has 0 saturated heterocycles. The van der Waals surface area contributed by atoms with Crippen LogP contribution in [0.5, 0.6) is 5.75 Å². The average Bonchev–Trinajstić information content (AvgIpc) is 2.30. The molecule has 0 amide bonds. The summed E-state index contributed by atoms with van der Waals surface area (Å²) in [4.78, 5) is 9.95. The van der Waals surface area contributed by atoms with Gasteiger partial charge in [-0.05, 0) is 24.6 Å². The Balaban J connectivity index is 2.73. The quantitative estimate of drug-likeness (QED) is 0.356. The van der Waals surface area contributed by atoms with E-state index in [0.29, 0.717) is 12.2 Å². The van der Waals surface area contributed by atoms with Crippen LogP contribution in [-0.2, 0) is 4.74 Å². The van der Waals surface area contributed by atoms with E-state index in [0.717, 1.165) is 0 Å². The van der Waals surface area contributed by atoms with E-state index in [4.69, 9.17) is 14.6 Å². The first-order chi connectivity index (χ1) is 8.17. The number of ether oxygens (including phenoxy) is 2. The fourth-order valence-electron chi connectivity index (χ4n) is 1.11. The molecule has 1 rings (SSSR count). The highest BCUT2D eigenvalue weighted by atomic mass is 16.7.